The van der Waals surface area contributed by atoms with Crippen LogP contribution in [0.3, 0.4) is 0 Å². The van der Waals surface area contributed by atoms with Gasteiger partial charge in [0.15, 0.2) is 5.78 Å². The van der Waals surface area contributed by atoms with Gasteiger partial charge in [-0.15, -0.1) is 0 Å². The summed E-state index contributed by atoms with van der Waals surface area (Å²) in [5, 5.41) is 5.24. The van der Waals surface area contributed by atoms with Gasteiger partial charge in [0.25, 0.3) is 5.91 Å². The number of Topliss-reactive ketones (excluding diaryl/α,β-unsaturated/α-hetero) is 1. The Hall–Kier alpha value is -3.82. The van der Waals surface area contributed by atoms with E-state index < -0.39 is 51.5 Å². The van der Waals surface area contributed by atoms with Crippen molar-refractivity contribution in [3.8, 4) is 11.1 Å². The molecule has 0 spiro atoms. The Morgan fingerprint density at radius 2 is 1.02 bits per heavy atom. The molecule has 0 aliphatic rings. The van der Waals surface area contributed by atoms with Gasteiger partial charge < -0.3 is 10.6 Å². The van der Waals surface area contributed by atoms with Gasteiger partial charge in [-0.05, 0) is 68.3 Å². The number of halogens is 6. The van der Waals surface area contributed by atoms with Gasteiger partial charge in [0.1, 0.15) is 0 Å². The fraction of sp³-hybridized carbons (Fsp3) is 0.333. The first kappa shape index (κ1) is 30.7. The zero-order chi connectivity index (χ0) is 30.3. The van der Waals surface area contributed by atoms with Gasteiger partial charge >= 0.3 is 12.4 Å². The van der Waals surface area contributed by atoms with Crippen LogP contribution < -0.4 is 10.6 Å². The number of hydrogen-bond donors (Lipinski definition) is 2. The molecule has 0 aromatic heterocycles. The number of anilines is 2. The fourth-order valence-corrected chi connectivity index (χ4v) is 4.03. The number of alkyl halides is 6. The normalized spacial score (nSPS) is 12.7. The summed E-state index contributed by atoms with van der Waals surface area (Å²) in [7, 11) is 0. The predicted octanol–water partition coefficient (Wildman–Crippen LogP) is 9.08. The molecule has 40 heavy (non-hydrogen) atoms. The topological polar surface area (TPSA) is 58.2 Å². The van der Waals surface area contributed by atoms with Gasteiger partial charge in [-0.2, -0.15) is 26.3 Å². The third kappa shape index (κ3) is 7.43. The van der Waals surface area contributed by atoms with E-state index in [0.29, 0.717) is 11.6 Å². The van der Waals surface area contributed by atoms with E-state index in [1.165, 1.54) is 30.3 Å². The summed E-state index contributed by atoms with van der Waals surface area (Å²) in [6.45, 7) is 10.4. The second-order valence-corrected chi connectivity index (χ2v) is 11.5. The third-order valence-corrected chi connectivity index (χ3v) is 5.81. The highest BCUT2D eigenvalue weighted by molar-refractivity contribution is 6.06. The number of nitrogens with one attached hydrogen (secondary N) is 2. The monoisotopic (exact) mass is 564 g/mol. The van der Waals surface area contributed by atoms with Crippen LogP contribution in [0.2, 0.25) is 0 Å². The van der Waals surface area contributed by atoms with E-state index in [0.717, 1.165) is 24.3 Å². The average Bonchev–Trinajstić information content (AvgIpc) is 2.81. The molecule has 1 amide bonds. The Morgan fingerprint density at radius 3 is 1.45 bits per heavy atom. The maximum absolute atomic E-state index is 14.1. The molecule has 3 aromatic rings. The van der Waals surface area contributed by atoms with Crippen molar-refractivity contribution in [2.24, 2.45) is 5.41 Å². The second-order valence-electron chi connectivity index (χ2n) is 11.5. The van der Waals surface area contributed by atoms with E-state index in [-0.39, 0.29) is 22.7 Å². The van der Waals surface area contributed by atoms with Crippen LogP contribution in [0.1, 0.15) is 73.4 Å². The minimum absolute atomic E-state index is 0.0874. The second kappa shape index (κ2) is 10.6. The lowest BCUT2D eigenvalue weighted by Crippen LogP contribution is -2.26. The molecule has 4 nitrogen and oxygen atoms in total. The van der Waals surface area contributed by atoms with Crippen LogP contribution in [0.4, 0.5) is 37.7 Å². The van der Waals surface area contributed by atoms with Gasteiger partial charge in [-0.25, -0.2) is 0 Å². The first-order valence-electron chi connectivity index (χ1n) is 12.3. The molecule has 3 rings (SSSR count). The van der Waals surface area contributed by atoms with Crippen LogP contribution in [-0.4, -0.2) is 17.2 Å². The van der Waals surface area contributed by atoms with Crippen molar-refractivity contribution in [2.45, 2.75) is 59.4 Å². The van der Waals surface area contributed by atoms with E-state index in [4.69, 9.17) is 0 Å². The number of benzene rings is 3. The van der Waals surface area contributed by atoms with Crippen LogP contribution in [0.15, 0.2) is 60.7 Å². The molecular weight excluding hydrogens is 534 g/mol. The molecule has 0 bridgehead atoms. The van der Waals surface area contributed by atoms with Gasteiger partial charge in [0.2, 0.25) is 0 Å². The number of amides is 1. The summed E-state index contributed by atoms with van der Waals surface area (Å²) in [6, 6.07) is 11.3. The standard InChI is InChI=1S/C30H30F6N2O2/c1-27(2,3)25(39)17-7-9-18(10-8-17)26(40)37-19-11-13-21(23(15-19)29(31,32)33)22-14-12-20(38-28(4,5)6)16-24(22)30(34,35)36/h7-16,38H,1-6H3,(H,37,40). The maximum Gasteiger partial charge on any atom is 0.417 e. The van der Waals surface area contributed by atoms with Crippen LogP contribution in [0.5, 0.6) is 0 Å². The molecule has 10 heteroatoms. The number of carbonyl (C=O) groups excluding carboxylic acids is 2. The van der Waals surface area contributed by atoms with Crippen molar-refractivity contribution in [2.75, 3.05) is 10.6 Å². The molecule has 214 valence electrons. The summed E-state index contributed by atoms with van der Waals surface area (Å²) in [6.07, 6.45) is -9.95. The number of hydrogen-bond acceptors (Lipinski definition) is 3. The Balaban J connectivity index is 2.00. The van der Waals surface area contributed by atoms with E-state index in [9.17, 15) is 35.9 Å². The highest BCUT2D eigenvalue weighted by atomic mass is 19.4. The molecular formula is C30H30F6N2O2. The number of carbonyl (C=O) groups is 2. The van der Waals surface area contributed by atoms with Crippen molar-refractivity contribution in [3.63, 3.8) is 0 Å². The highest BCUT2D eigenvalue weighted by Crippen LogP contribution is 2.44. The minimum atomic E-state index is -5.02. The molecule has 3 aromatic carbocycles. The fourth-order valence-electron chi connectivity index (χ4n) is 4.03. The maximum atomic E-state index is 14.1. The zero-order valence-corrected chi connectivity index (χ0v) is 22.9. The van der Waals surface area contributed by atoms with E-state index in [2.05, 4.69) is 10.6 Å². The quantitative estimate of drug-likeness (QED) is 0.240. The SMILES string of the molecule is CC(C)(C)Nc1ccc(-c2ccc(NC(=O)c3ccc(C(=O)C(C)(C)C)cc3)cc2C(F)(F)F)c(C(F)(F)F)c1. The molecule has 0 saturated carbocycles. The molecule has 0 unspecified atom stereocenters. The van der Waals surface area contributed by atoms with E-state index in [1.807, 2.05) is 0 Å². The molecule has 0 fully saturated rings. The summed E-state index contributed by atoms with van der Waals surface area (Å²) in [5.74, 6) is -0.894. The summed E-state index contributed by atoms with van der Waals surface area (Å²) in [5.41, 5.74) is -4.79. The third-order valence-electron chi connectivity index (χ3n) is 5.81. The van der Waals surface area contributed by atoms with Gasteiger partial charge in [0, 0.05) is 33.5 Å². The van der Waals surface area contributed by atoms with Gasteiger partial charge in [0.05, 0.1) is 11.1 Å². The van der Waals surface area contributed by atoms with Crippen molar-refractivity contribution >= 4 is 23.1 Å². The molecule has 2 N–H and O–H groups in total. The van der Waals surface area contributed by atoms with Crippen molar-refractivity contribution in [1.29, 1.82) is 0 Å². The molecule has 0 saturated heterocycles. The van der Waals surface area contributed by atoms with Crippen molar-refractivity contribution in [3.05, 3.63) is 82.9 Å². The minimum Gasteiger partial charge on any atom is -0.380 e. The van der Waals surface area contributed by atoms with E-state index >= 15 is 0 Å². The van der Waals surface area contributed by atoms with Crippen LogP contribution in [-0.2, 0) is 12.4 Å². The van der Waals surface area contributed by atoms with Crippen molar-refractivity contribution in [1.82, 2.24) is 0 Å². The predicted molar refractivity (Wildman–Crippen MR) is 143 cm³/mol. The number of ketones is 1. The lowest BCUT2D eigenvalue weighted by molar-refractivity contribution is -0.139. The van der Waals surface area contributed by atoms with Gasteiger partial charge in [-0.3, -0.25) is 9.59 Å². The van der Waals surface area contributed by atoms with Gasteiger partial charge in [-0.1, -0.05) is 45.0 Å². The average molecular weight is 565 g/mol. The number of rotatable bonds is 5. The molecule has 0 heterocycles. The highest BCUT2D eigenvalue weighted by Gasteiger charge is 2.39. The summed E-state index contributed by atoms with van der Waals surface area (Å²) >= 11 is 0. The lowest BCUT2D eigenvalue weighted by Gasteiger charge is -2.24. The summed E-state index contributed by atoms with van der Waals surface area (Å²) < 4.78 is 84.2. The largest absolute Gasteiger partial charge is 0.417 e. The zero-order valence-electron chi connectivity index (χ0n) is 22.9. The first-order chi connectivity index (χ1) is 18.2. The molecule has 0 aliphatic heterocycles. The Kier molecular flexibility index (Phi) is 8.16. The van der Waals surface area contributed by atoms with Crippen LogP contribution in [0.25, 0.3) is 11.1 Å². The Morgan fingerprint density at radius 1 is 0.600 bits per heavy atom. The molecule has 0 aliphatic carbocycles. The lowest BCUT2D eigenvalue weighted by atomic mass is 9.86. The van der Waals surface area contributed by atoms with Crippen molar-refractivity contribution < 1.29 is 35.9 Å². The van der Waals surface area contributed by atoms with Crippen LogP contribution >= 0.6 is 0 Å². The van der Waals surface area contributed by atoms with E-state index in [1.54, 1.807) is 41.5 Å². The first-order valence-corrected chi connectivity index (χ1v) is 12.3. The Bertz CT molecular complexity index is 1410. The summed E-state index contributed by atoms with van der Waals surface area (Å²) in [4.78, 5) is 25.1. The Labute approximate surface area is 228 Å². The molecule has 0 atom stereocenters. The smallest absolute Gasteiger partial charge is 0.380 e. The van der Waals surface area contributed by atoms with Crippen LogP contribution in [0, 0.1) is 5.41 Å². The molecule has 0 radical (unpaired) electrons.